The molecule has 1 aliphatic rings. The van der Waals surface area contributed by atoms with Gasteiger partial charge in [0.1, 0.15) is 12.6 Å². The quantitative estimate of drug-likeness (QED) is 0.508. The Bertz CT molecular complexity index is 993. The van der Waals surface area contributed by atoms with Crippen LogP contribution >= 0.6 is 0 Å². The molecule has 3 rings (SSSR count). The average Bonchev–Trinajstić information content (AvgIpc) is 3.13. The number of nitrogens with zero attached hydrogens (tertiary/aromatic N) is 1. The summed E-state index contributed by atoms with van der Waals surface area (Å²) in [6, 6.07) is 14.9. The molecule has 0 spiro atoms. The maximum absolute atomic E-state index is 12.9. The van der Waals surface area contributed by atoms with Gasteiger partial charge in [-0.25, -0.2) is 4.79 Å². The predicted molar refractivity (Wildman–Crippen MR) is 126 cm³/mol. The van der Waals surface area contributed by atoms with E-state index in [1.54, 1.807) is 12.2 Å². The molecule has 0 saturated heterocycles. The van der Waals surface area contributed by atoms with E-state index in [1.807, 2.05) is 48.5 Å². The zero-order chi connectivity index (χ0) is 23.8. The lowest BCUT2D eigenvalue weighted by molar-refractivity contribution is -0.137. The Balaban J connectivity index is 1.70. The Morgan fingerprint density at radius 2 is 1.55 bits per heavy atom. The standard InChI is InChI=1S/C26H28N2O5/c1-3-15-28(16-4-2)25(31)23(13-14-24(29)30)27-26(32)33-17-22-20-11-7-5-9-18(20)19-10-6-8-12-21(19)22/h3-12,22-23H,1-2,13-17H2,(H,27,32)(H,29,30). The number of ether oxygens (including phenoxy) is 1. The topological polar surface area (TPSA) is 95.9 Å². The largest absolute Gasteiger partial charge is 0.481 e. The van der Waals surface area contributed by atoms with Gasteiger partial charge in [-0.15, -0.1) is 13.2 Å². The number of carboxylic acid groups (broad SMARTS) is 1. The first-order valence-electron chi connectivity index (χ1n) is 10.8. The van der Waals surface area contributed by atoms with Crippen LogP contribution in [-0.2, 0) is 14.3 Å². The first kappa shape index (κ1) is 23.8. The second-order valence-electron chi connectivity index (χ2n) is 7.78. The summed E-state index contributed by atoms with van der Waals surface area (Å²) in [5, 5.41) is 11.6. The molecule has 33 heavy (non-hydrogen) atoms. The van der Waals surface area contributed by atoms with Gasteiger partial charge in [-0.3, -0.25) is 9.59 Å². The third-order valence-corrected chi connectivity index (χ3v) is 5.59. The molecule has 2 amide bonds. The van der Waals surface area contributed by atoms with Gasteiger partial charge in [-0.05, 0) is 28.7 Å². The van der Waals surface area contributed by atoms with E-state index < -0.39 is 24.0 Å². The van der Waals surface area contributed by atoms with Gasteiger partial charge < -0.3 is 20.1 Å². The number of hydrogen-bond donors (Lipinski definition) is 2. The average molecular weight is 449 g/mol. The van der Waals surface area contributed by atoms with Crippen molar-refractivity contribution >= 4 is 18.0 Å². The fourth-order valence-electron chi connectivity index (χ4n) is 4.09. The molecular weight excluding hydrogens is 420 g/mol. The maximum Gasteiger partial charge on any atom is 0.407 e. The zero-order valence-corrected chi connectivity index (χ0v) is 18.4. The van der Waals surface area contributed by atoms with Crippen LogP contribution in [0.1, 0.15) is 29.9 Å². The summed E-state index contributed by atoms with van der Waals surface area (Å²) in [6.45, 7) is 7.87. The molecule has 2 aromatic carbocycles. The Morgan fingerprint density at radius 1 is 1.00 bits per heavy atom. The van der Waals surface area contributed by atoms with Crippen molar-refractivity contribution in [2.24, 2.45) is 0 Å². The van der Waals surface area contributed by atoms with Gasteiger partial charge in [0.2, 0.25) is 5.91 Å². The summed E-state index contributed by atoms with van der Waals surface area (Å²) >= 11 is 0. The van der Waals surface area contributed by atoms with Crippen molar-refractivity contribution in [2.75, 3.05) is 19.7 Å². The predicted octanol–water partition coefficient (Wildman–Crippen LogP) is 3.96. The smallest absolute Gasteiger partial charge is 0.407 e. The summed E-state index contributed by atoms with van der Waals surface area (Å²) in [7, 11) is 0. The van der Waals surface area contributed by atoms with Crippen molar-refractivity contribution in [3.8, 4) is 11.1 Å². The molecule has 1 atom stereocenters. The first-order valence-corrected chi connectivity index (χ1v) is 10.8. The van der Waals surface area contributed by atoms with Gasteiger partial charge in [0.25, 0.3) is 0 Å². The third-order valence-electron chi connectivity index (χ3n) is 5.59. The second-order valence-corrected chi connectivity index (χ2v) is 7.78. The lowest BCUT2D eigenvalue weighted by atomic mass is 9.98. The highest BCUT2D eigenvalue weighted by Crippen LogP contribution is 2.44. The number of amides is 2. The van der Waals surface area contributed by atoms with Gasteiger partial charge in [-0.2, -0.15) is 0 Å². The normalized spacial score (nSPS) is 12.7. The second kappa shape index (κ2) is 11.1. The first-order chi connectivity index (χ1) is 16.0. The molecule has 0 saturated carbocycles. The molecule has 172 valence electrons. The van der Waals surface area contributed by atoms with E-state index in [4.69, 9.17) is 9.84 Å². The molecule has 0 aromatic heterocycles. The number of nitrogens with one attached hydrogen (secondary N) is 1. The van der Waals surface area contributed by atoms with Crippen LogP contribution in [-0.4, -0.2) is 53.7 Å². The van der Waals surface area contributed by atoms with Gasteiger partial charge in [0.15, 0.2) is 0 Å². The van der Waals surface area contributed by atoms with E-state index in [0.29, 0.717) is 0 Å². The Labute approximate surface area is 193 Å². The summed E-state index contributed by atoms with van der Waals surface area (Å²) in [4.78, 5) is 38.1. The number of aliphatic carboxylic acids is 1. The van der Waals surface area contributed by atoms with E-state index in [2.05, 4.69) is 18.5 Å². The number of hydrogen-bond acceptors (Lipinski definition) is 4. The van der Waals surface area contributed by atoms with Crippen LogP contribution in [0.25, 0.3) is 11.1 Å². The molecule has 0 bridgehead atoms. The fraction of sp³-hybridized carbons (Fsp3) is 0.269. The molecule has 2 N–H and O–H groups in total. The van der Waals surface area contributed by atoms with Crippen LogP contribution in [0, 0.1) is 0 Å². The van der Waals surface area contributed by atoms with Crippen LogP contribution in [0.5, 0.6) is 0 Å². The molecule has 7 heteroatoms. The number of benzene rings is 2. The summed E-state index contributed by atoms with van der Waals surface area (Å²) in [5.74, 6) is -1.58. The van der Waals surface area contributed by atoms with Crippen LogP contribution in [0.15, 0.2) is 73.8 Å². The maximum atomic E-state index is 12.9. The molecular formula is C26H28N2O5. The number of alkyl carbamates (subject to hydrolysis) is 1. The molecule has 1 aliphatic carbocycles. The number of carboxylic acids is 1. The van der Waals surface area contributed by atoms with Gasteiger partial charge in [0.05, 0.1) is 0 Å². The molecule has 1 unspecified atom stereocenters. The van der Waals surface area contributed by atoms with Gasteiger partial charge in [0, 0.05) is 25.4 Å². The summed E-state index contributed by atoms with van der Waals surface area (Å²) in [6.07, 6.45) is 2.03. The highest BCUT2D eigenvalue weighted by molar-refractivity contribution is 5.86. The van der Waals surface area contributed by atoms with Crippen molar-refractivity contribution in [3.05, 3.63) is 85.0 Å². The van der Waals surface area contributed by atoms with Crippen molar-refractivity contribution < 1.29 is 24.2 Å². The molecule has 7 nitrogen and oxygen atoms in total. The van der Waals surface area contributed by atoms with E-state index in [1.165, 1.54) is 4.90 Å². The van der Waals surface area contributed by atoms with Crippen LogP contribution in [0.2, 0.25) is 0 Å². The molecule has 0 radical (unpaired) electrons. The minimum Gasteiger partial charge on any atom is -0.481 e. The van der Waals surface area contributed by atoms with E-state index in [0.717, 1.165) is 22.3 Å². The van der Waals surface area contributed by atoms with Crippen molar-refractivity contribution in [3.63, 3.8) is 0 Å². The van der Waals surface area contributed by atoms with Gasteiger partial charge in [-0.1, -0.05) is 60.7 Å². The minimum atomic E-state index is -1.05. The Morgan fingerprint density at radius 3 is 2.06 bits per heavy atom. The highest BCUT2D eigenvalue weighted by Gasteiger charge is 2.30. The minimum absolute atomic E-state index is 0.0524. The Kier molecular flexibility index (Phi) is 8.02. The number of rotatable bonds is 11. The number of carbonyl (C=O) groups is 3. The van der Waals surface area contributed by atoms with Crippen molar-refractivity contribution in [1.82, 2.24) is 10.2 Å². The van der Waals surface area contributed by atoms with E-state index in [-0.39, 0.29) is 38.5 Å². The van der Waals surface area contributed by atoms with Crippen LogP contribution in [0.4, 0.5) is 4.79 Å². The monoisotopic (exact) mass is 448 g/mol. The van der Waals surface area contributed by atoms with Crippen LogP contribution in [0.3, 0.4) is 0 Å². The summed E-state index contributed by atoms with van der Waals surface area (Å²) in [5.41, 5.74) is 4.38. The van der Waals surface area contributed by atoms with Crippen molar-refractivity contribution in [1.29, 1.82) is 0 Å². The third kappa shape index (κ3) is 5.68. The van der Waals surface area contributed by atoms with E-state index >= 15 is 0 Å². The fourth-order valence-corrected chi connectivity index (χ4v) is 4.09. The SMILES string of the molecule is C=CCN(CC=C)C(=O)C(CCC(=O)O)NC(=O)OCC1c2ccccc2-c2ccccc21. The number of fused-ring (bicyclic) bond motifs is 3. The van der Waals surface area contributed by atoms with E-state index in [9.17, 15) is 14.4 Å². The molecule has 2 aromatic rings. The van der Waals surface area contributed by atoms with Crippen molar-refractivity contribution in [2.45, 2.75) is 24.8 Å². The zero-order valence-electron chi connectivity index (χ0n) is 18.4. The molecule has 0 heterocycles. The van der Waals surface area contributed by atoms with Gasteiger partial charge >= 0.3 is 12.1 Å². The lowest BCUT2D eigenvalue weighted by Crippen LogP contribution is -2.49. The highest BCUT2D eigenvalue weighted by atomic mass is 16.5. The molecule has 0 aliphatic heterocycles. The Hall–Kier alpha value is -3.87. The number of carbonyl (C=O) groups excluding carboxylic acids is 2. The summed E-state index contributed by atoms with van der Waals surface area (Å²) < 4.78 is 5.52. The van der Waals surface area contributed by atoms with Crippen LogP contribution < -0.4 is 5.32 Å². The lowest BCUT2D eigenvalue weighted by Gasteiger charge is -2.26. The molecule has 0 fully saturated rings.